The van der Waals surface area contributed by atoms with Gasteiger partial charge in [0.15, 0.2) is 0 Å². The minimum Gasteiger partial charge on any atom is -0.206 e. The van der Waals surface area contributed by atoms with E-state index in [4.69, 9.17) is 0 Å². The van der Waals surface area contributed by atoms with E-state index in [1.807, 2.05) is 42.5 Å². The average molecular weight is 403 g/mol. The molecular formula is C29H35F. The monoisotopic (exact) mass is 402 g/mol. The lowest BCUT2D eigenvalue weighted by molar-refractivity contribution is 0.249. The van der Waals surface area contributed by atoms with E-state index in [1.54, 1.807) is 0 Å². The molecule has 30 heavy (non-hydrogen) atoms. The molecular weight excluding hydrogens is 367 g/mol. The van der Waals surface area contributed by atoms with Crippen molar-refractivity contribution in [2.75, 3.05) is 0 Å². The van der Waals surface area contributed by atoms with Crippen molar-refractivity contribution in [2.45, 2.75) is 71.1 Å². The molecule has 0 unspecified atom stereocenters. The van der Waals surface area contributed by atoms with E-state index >= 15 is 4.39 Å². The molecule has 0 radical (unpaired) electrons. The summed E-state index contributed by atoms with van der Waals surface area (Å²) in [4.78, 5) is 0. The molecule has 0 atom stereocenters. The van der Waals surface area contributed by atoms with E-state index in [1.165, 1.54) is 63.4 Å². The summed E-state index contributed by atoms with van der Waals surface area (Å²) in [7, 11) is 0. The van der Waals surface area contributed by atoms with Crippen LogP contribution in [0.2, 0.25) is 0 Å². The Morgan fingerprint density at radius 1 is 0.800 bits per heavy atom. The van der Waals surface area contributed by atoms with Crippen LogP contribution >= 0.6 is 0 Å². The zero-order valence-corrected chi connectivity index (χ0v) is 18.4. The summed E-state index contributed by atoms with van der Waals surface area (Å²) < 4.78 is 15.1. The predicted octanol–water partition coefficient (Wildman–Crippen LogP) is 8.97. The van der Waals surface area contributed by atoms with Gasteiger partial charge in [0.25, 0.3) is 0 Å². The Hall–Kier alpha value is -2.15. The first kappa shape index (κ1) is 21.1. The van der Waals surface area contributed by atoms with Gasteiger partial charge in [0.1, 0.15) is 5.82 Å². The number of aryl methyl sites for hydroxylation is 1. The smallest absolute Gasteiger partial charge is 0.138 e. The molecule has 1 aliphatic carbocycles. The summed E-state index contributed by atoms with van der Waals surface area (Å²) >= 11 is 0. The van der Waals surface area contributed by atoms with Crippen LogP contribution in [0.4, 0.5) is 4.39 Å². The molecule has 0 heterocycles. The number of fused-ring (bicyclic) bond motifs is 1. The van der Waals surface area contributed by atoms with Crippen LogP contribution in [-0.4, -0.2) is 0 Å². The van der Waals surface area contributed by atoms with Gasteiger partial charge in [0, 0.05) is 10.9 Å². The number of halogens is 1. The zero-order chi connectivity index (χ0) is 20.8. The molecule has 158 valence electrons. The van der Waals surface area contributed by atoms with E-state index < -0.39 is 0 Å². The zero-order valence-electron chi connectivity index (χ0n) is 18.4. The largest absolute Gasteiger partial charge is 0.206 e. The second kappa shape index (κ2) is 10.2. The quantitative estimate of drug-likeness (QED) is 0.330. The van der Waals surface area contributed by atoms with Gasteiger partial charge in [0.2, 0.25) is 0 Å². The van der Waals surface area contributed by atoms with Gasteiger partial charge >= 0.3 is 0 Å². The number of hydrogen-bond donors (Lipinski definition) is 0. The topological polar surface area (TPSA) is 0 Å². The van der Waals surface area contributed by atoms with Crippen molar-refractivity contribution in [1.29, 1.82) is 0 Å². The molecule has 0 saturated heterocycles. The Morgan fingerprint density at radius 2 is 1.53 bits per heavy atom. The second-order valence-corrected chi connectivity index (χ2v) is 9.27. The fraction of sp³-hybridized carbons (Fsp3) is 0.448. The third-order valence-corrected chi connectivity index (χ3v) is 7.13. The predicted molar refractivity (Wildman–Crippen MR) is 127 cm³/mol. The van der Waals surface area contributed by atoms with Crippen molar-refractivity contribution >= 4 is 10.8 Å². The highest BCUT2D eigenvalue weighted by atomic mass is 19.1. The first-order chi connectivity index (χ1) is 14.7. The molecule has 3 aromatic carbocycles. The van der Waals surface area contributed by atoms with Crippen molar-refractivity contribution in [3.8, 4) is 11.1 Å². The number of rotatable bonds is 8. The minimum absolute atomic E-state index is 0.105. The van der Waals surface area contributed by atoms with E-state index in [9.17, 15) is 0 Å². The van der Waals surface area contributed by atoms with Crippen LogP contribution in [-0.2, 0) is 6.42 Å². The normalized spacial score (nSPS) is 19.3. The van der Waals surface area contributed by atoms with Gasteiger partial charge in [-0.05, 0) is 41.2 Å². The molecule has 3 aromatic rings. The standard InChI is InChI=1S/C29H35F/c1-2-3-5-8-22-11-13-23(14-12-22)15-16-24-17-19-28-26(21-24)18-20-27(29(28)30)25-9-6-4-7-10-25/h4,6-7,9-10,17-23H,2-3,5,8,11-16H2,1H3/t22-,23-. The van der Waals surface area contributed by atoms with E-state index in [2.05, 4.69) is 25.1 Å². The molecule has 1 heteroatoms. The van der Waals surface area contributed by atoms with E-state index in [0.717, 1.165) is 34.6 Å². The van der Waals surface area contributed by atoms with Gasteiger partial charge in [-0.1, -0.05) is 119 Å². The summed E-state index contributed by atoms with van der Waals surface area (Å²) in [6.07, 6.45) is 13.7. The molecule has 0 spiro atoms. The maximum Gasteiger partial charge on any atom is 0.138 e. The third-order valence-electron chi connectivity index (χ3n) is 7.13. The number of hydrogen-bond acceptors (Lipinski definition) is 0. The lowest BCUT2D eigenvalue weighted by Gasteiger charge is -2.28. The highest BCUT2D eigenvalue weighted by Crippen LogP contribution is 2.35. The Morgan fingerprint density at radius 3 is 2.27 bits per heavy atom. The molecule has 4 rings (SSSR count). The third kappa shape index (κ3) is 5.12. The van der Waals surface area contributed by atoms with Crippen molar-refractivity contribution < 1.29 is 4.39 Å². The Bertz CT molecular complexity index is 935. The number of unbranched alkanes of at least 4 members (excludes halogenated alkanes) is 2. The summed E-state index contributed by atoms with van der Waals surface area (Å²) in [5.74, 6) is 1.75. The van der Waals surface area contributed by atoms with Crippen LogP contribution in [0.15, 0.2) is 60.7 Å². The summed E-state index contributed by atoms with van der Waals surface area (Å²) in [5.41, 5.74) is 2.97. The fourth-order valence-corrected chi connectivity index (χ4v) is 5.20. The van der Waals surface area contributed by atoms with Crippen LogP contribution in [0.1, 0.15) is 70.3 Å². The van der Waals surface area contributed by atoms with Gasteiger partial charge in [0.05, 0.1) is 0 Å². The molecule has 0 N–H and O–H groups in total. The lowest BCUT2D eigenvalue weighted by Crippen LogP contribution is -2.15. The molecule has 0 aliphatic heterocycles. The van der Waals surface area contributed by atoms with E-state index in [0.29, 0.717) is 5.56 Å². The van der Waals surface area contributed by atoms with Crippen molar-refractivity contribution in [3.05, 3.63) is 72.0 Å². The van der Waals surface area contributed by atoms with Crippen LogP contribution in [0.3, 0.4) is 0 Å². The van der Waals surface area contributed by atoms with Gasteiger partial charge < -0.3 is 0 Å². The SMILES string of the molecule is CCCCC[C@H]1CC[C@H](CCc2ccc3c(F)c(-c4ccccc4)ccc3c2)CC1. The van der Waals surface area contributed by atoms with Crippen molar-refractivity contribution in [3.63, 3.8) is 0 Å². The number of benzene rings is 3. The van der Waals surface area contributed by atoms with Gasteiger partial charge in [-0.2, -0.15) is 0 Å². The molecule has 0 bridgehead atoms. The van der Waals surface area contributed by atoms with Crippen LogP contribution in [0.5, 0.6) is 0 Å². The maximum atomic E-state index is 15.1. The van der Waals surface area contributed by atoms with Gasteiger partial charge in [-0.3, -0.25) is 0 Å². The van der Waals surface area contributed by atoms with Gasteiger partial charge in [-0.25, -0.2) is 4.39 Å². The molecule has 0 aromatic heterocycles. The van der Waals surface area contributed by atoms with Gasteiger partial charge in [-0.15, -0.1) is 0 Å². The van der Waals surface area contributed by atoms with Crippen LogP contribution in [0, 0.1) is 17.7 Å². The minimum atomic E-state index is -0.105. The maximum absolute atomic E-state index is 15.1. The first-order valence-corrected chi connectivity index (χ1v) is 12.0. The Labute approximate surface area is 181 Å². The highest BCUT2D eigenvalue weighted by molar-refractivity contribution is 5.88. The van der Waals surface area contributed by atoms with Crippen LogP contribution in [0.25, 0.3) is 21.9 Å². The molecule has 0 amide bonds. The summed E-state index contributed by atoms with van der Waals surface area (Å²) in [6.45, 7) is 2.29. The summed E-state index contributed by atoms with van der Waals surface area (Å²) in [6, 6.07) is 20.1. The molecule has 1 saturated carbocycles. The second-order valence-electron chi connectivity index (χ2n) is 9.27. The molecule has 0 nitrogen and oxygen atoms in total. The first-order valence-electron chi connectivity index (χ1n) is 12.0. The van der Waals surface area contributed by atoms with Crippen molar-refractivity contribution in [2.24, 2.45) is 11.8 Å². The summed E-state index contributed by atoms with van der Waals surface area (Å²) in [5, 5.41) is 1.75. The highest BCUT2D eigenvalue weighted by Gasteiger charge is 2.20. The molecule has 1 aliphatic rings. The van der Waals surface area contributed by atoms with Crippen molar-refractivity contribution in [1.82, 2.24) is 0 Å². The fourth-order valence-electron chi connectivity index (χ4n) is 5.20. The van der Waals surface area contributed by atoms with Crippen LogP contribution < -0.4 is 0 Å². The Balaban J connectivity index is 1.36. The molecule has 1 fully saturated rings. The Kier molecular flexibility index (Phi) is 7.20. The average Bonchev–Trinajstić information content (AvgIpc) is 2.79. The van der Waals surface area contributed by atoms with E-state index in [-0.39, 0.29) is 5.82 Å². The lowest BCUT2D eigenvalue weighted by atomic mass is 9.77.